The SMILES string of the molecule is CC(C)(C)c1cc(NC(=O)C2CCN(C(=O)CCOc3ccccc3)CC2)n(C(C)(C)C)n1. The van der Waals surface area contributed by atoms with E-state index in [1.54, 1.807) is 0 Å². The van der Waals surface area contributed by atoms with E-state index < -0.39 is 0 Å². The van der Waals surface area contributed by atoms with Gasteiger partial charge in [-0.1, -0.05) is 39.0 Å². The minimum Gasteiger partial charge on any atom is -0.493 e. The first-order valence-electron chi connectivity index (χ1n) is 11.8. The average Bonchev–Trinajstić information content (AvgIpc) is 3.19. The van der Waals surface area contributed by atoms with Crippen LogP contribution in [0.2, 0.25) is 0 Å². The van der Waals surface area contributed by atoms with E-state index in [-0.39, 0.29) is 28.7 Å². The quantitative estimate of drug-likeness (QED) is 0.693. The Morgan fingerprint density at radius 2 is 1.70 bits per heavy atom. The van der Waals surface area contributed by atoms with Gasteiger partial charge in [0.2, 0.25) is 11.8 Å². The van der Waals surface area contributed by atoms with Crippen LogP contribution in [0.3, 0.4) is 0 Å². The second-order valence-corrected chi connectivity index (χ2v) is 10.8. The lowest BCUT2D eigenvalue weighted by Crippen LogP contribution is -2.42. The Morgan fingerprint density at radius 1 is 1.06 bits per heavy atom. The van der Waals surface area contributed by atoms with Gasteiger partial charge in [0.05, 0.1) is 24.3 Å². The number of anilines is 1. The normalized spacial score (nSPS) is 15.4. The third kappa shape index (κ3) is 6.59. The van der Waals surface area contributed by atoms with E-state index in [2.05, 4.69) is 46.9 Å². The number of ether oxygens (including phenoxy) is 1. The van der Waals surface area contributed by atoms with E-state index >= 15 is 0 Å². The largest absolute Gasteiger partial charge is 0.493 e. The van der Waals surface area contributed by atoms with Gasteiger partial charge in [0.1, 0.15) is 11.6 Å². The standard InChI is InChI=1S/C26H38N4O3/c1-25(2,3)21-18-22(30(28-21)26(4,5)6)27-24(32)19-12-15-29(16-13-19)23(31)14-17-33-20-10-8-7-9-11-20/h7-11,18-19H,12-17H2,1-6H3,(H,27,32). The molecule has 7 heteroatoms. The highest BCUT2D eigenvalue weighted by Gasteiger charge is 2.30. The van der Waals surface area contributed by atoms with Crippen molar-refractivity contribution in [2.24, 2.45) is 5.92 Å². The summed E-state index contributed by atoms with van der Waals surface area (Å²) >= 11 is 0. The summed E-state index contributed by atoms with van der Waals surface area (Å²) in [6.07, 6.45) is 1.66. The van der Waals surface area contributed by atoms with Gasteiger partial charge < -0.3 is 15.0 Å². The van der Waals surface area contributed by atoms with Crippen LogP contribution in [0.1, 0.15) is 66.5 Å². The maximum absolute atomic E-state index is 13.0. The van der Waals surface area contributed by atoms with Crippen molar-refractivity contribution in [3.8, 4) is 5.75 Å². The molecule has 33 heavy (non-hydrogen) atoms. The summed E-state index contributed by atoms with van der Waals surface area (Å²) in [6, 6.07) is 11.5. The summed E-state index contributed by atoms with van der Waals surface area (Å²) in [5.41, 5.74) is 0.598. The number of piperidine rings is 1. The van der Waals surface area contributed by atoms with Gasteiger partial charge in [-0.3, -0.25) is 9.59 Å². The van der Waals surface area contributed by atoms with Gasteiger partial charge in [0, 0.05) is 30.5 Å². The van der Waals surface area contributed by atoms with Crippen molar-refractivity contribution in [2.75, 3.05) is 25.0 Å². The van der Waals surface area contributed by atoms with Crippen LogP contribution >= 0.6 is 0 Å². The first-order valence-corrected chi connectivity index (χ1v) is 11.8. The molecule has 3 rings (SSSR count). The highest BCUT2D eigenvalue weighted by Crippen LogP contribution is 2.29. The van der Waals surface area contributed by atoms with Gasteiger partial charge in [-0.25, -0.2) is 4.68 Å². The number of nitrogens with one attached hydrogen (secondary N) is 1. The number of para-hydroxylation sites is 1. The fraction of sp³-hybridized carbons (Fsp3) is 0.577. The number of nitrogens with zero attached hydrogens (tertiary/aromatic N) is 3. The number of rotatable bonds is 6. The molecular weight excluding hydrogens is 416 g/mol. The fourth-order valence-corrected chi connectivity index (χ4v) is 3.90. The van der Waals surface area contributed by atoms with Gasteiger partial charge in [0.25, 0.3) is 0 Å². The third-order valence-corrected chi connectivity index (χ3v) is 5.91. The predicted molar refractivity (Wildman–Crippen MR) is 130 cm³/mol. The fourth-order valence-electron chi connectivity index (χ4n) is 3.90. The maximum Gasteiger partial charge on any atom is 0.228 e. The highest BCUT2D eigenvalue weighted by atomic mass is 16.5. The van der Waals surface area contributed by atoms with Crippen molar-refractivity contribution in [1.82, 2.24) is 14.7 Å². The molecule has 1 fully saturated rings. The van der Waals surface area contributed by atoms with Crippen LogP contribution < -0.4 is 10.1 Å². The number of hydrogen-bond donors (Lipinski definition) is 1. The van der Waals surface area contributed by atoms with Gasteiger partial charge in [0.15, 0.2) is 0 Å². The molecule has 0 spiro atoms. The van der Waals surface area contributed by atoms with Crippen molar-refractivity contribution in [3.63, 3.8) is 0 Å². The smallest absolute Gasteiger partial charge is 0.228 e. The molecule has 1 aliphatic rings. The molecule has 0 aliphatic carbocycles. The van der Waals surface area contributed by atoms with Gasteiger partial charge in [-0.15, -0.1) is 0 Å². The van der Waals surface area contributed by atoms with Gasteiger partial charge in [-0.05, 0) is 45.7 Å². The Labute approximate surface area is 197 Å². The molecule has 0 radical (unpaired) electrons. The topological polar surface area (TPSA) is 76.5 Å². The summed E-state index contributed by atoms with van der Waals surface area (Å²) in [5.74, 6) is 1.46. The zero-order valence-electron chi connectivity index (χ0n) is 20.9. The first kappa shape index (κ1) is 24.8. The van der Waals surface area contributed by atoms with Gasteiger partial charge in [-0.2, -0.15) is 5.10 Å². The Morgan fingerprint density at radius 3 is 2.27 bits per heavy atom. The molecule has 0 unspecified atom stereocenters. The van der Waals surface area contributed by atoms with Gasteiger partial charge >= 0.3 is 0 Å². The lowest BCUT2D eigenvalue weighted by Gasteiger charge is -2.31. The van der Waals surface area contributed by atoms with Crippen molar-refractivity contribution >= 4 is 17.6 Å². The zero-order valence-corrected chi connectivity index (χ0v) is 20.9. The highest BCUT2D eigenvalue weighted by molar-refractivity contribution is 5.92. The van der Waals surface area contributed by atoms with E-state index in [0.717, 1.165) is 17.3 Å². The lowest BCUT2D eigenvalue weighted by molar-refractivity contribution is -0.135. The summed E-state index contributed by atoms with van der Waals surface area (Å²) in [6.45, 7) is 14.1. The Balaban J connectivity index is 1.52. The second kappa shape index (κ2) is 9.98. The summed E-state index contributed by atoms with van der Waals surface area (Å²) in [4.78, 5) is 27.4. The predicted octanol–water partition coefficient (Wildman–Crippen LogP) is 4.58. The molecule has 2 amide bonds. The molecule has 1 aromatic carbocycles. The number of carbonyl (C=O) groups excluding carboxylic acids is 2. The van der Waals surface area contributed by atoms with Crippen LogP contribution in [0, 0.1) is 5.92 Å². The molecule has 1 aliphatic heterocycles. The summed E-state index contributed by atoms with van der Waals surface area (Å²) in [7, 11) is 0. The number of hydrogen-bond acceptors (Lipinski definition) is 4. The van der Waals surface area contributed by atoms with E-state index in [4.69, 9.17) is 9.84 Å². The molecule has 0 atom stereocenters. The van der Waals surface area contributed by atoms with Crippen LogP contribution in [0.15, 0.2) is 36.4 Å². The number of amides is 2. The molecule has 1 aromatic heterocycles. The molecule has 1 saturated heterocycles. The number of likely N-dealkylation sites (tertiary alicyclic amines) is 1. The minimum atomic E-state index is -0.246. The van der Waals surface area contributed by atoms with E-state index in [0.29, 0.717) is 39.0 Å². The van der Waals surface area contributed by atoms with Crippen LogP contribution in [0.4, 0.5) is 5.82 Å². The van der Waals surface area contributed by atoms with Crippen LogP contribution in [-0.2, 0) is 20.5 Å². The first-order chi connectivity index (χ1) is 15.4. The van der Waals surface area contributed by atoms with Crippen LogP contribution in [0.25, 0.3) is 0 Å². The monoisotopic (exact) mass is 454 g/mol. The third-order valence-electron chi connectivity index (χ3n) is 5.91. The molecule has 0 bridgehead atoms. The Kier molecular flexibility index (Phi) is 7.50. The number of carbonyl (C=O) groups is 2. The van der Waals surface area contributed by atoms with Crippen molar-refractivity contribution in [1.29, 1.82) is 0 Å². The minimum absolute atomic E-state index is 0.000342. The number of benzene rings is 1. The molecular formula is C26H38N4O3. The summed E-state index contributed by atoms with van der Waals surface area (Å²) in [5, 5.41) is 7.89. The second-order valence-electron chi connectivity index (χ2n) is 10.8. The molecule has 2 aromatic rings. The van der Waals surface area contributed by atoms with E-state index in [1.807, 2.05) is 46.0 Å². The van der Waals surface area contributed by atoms with E-state index in [9.17, 15) is 9.59 Å². The van der Waals surface area contributed by atoms with Crippen LogP contribution in [0.5, 0.6) is 5.75 Å². The number of aromatic nitrogens is 2. The average molecular weight is 455 g/mol. The molecule has 2 heterocycles. The van der Waals surface area contributed by atoms with Crippen LogP contribution in [-0.4, -0.2) is 46.2 Å². The molecule has 1 N–H and O–H groups in total. The summed E-state index contributed by atoms with van der Waals surface area (Å²) < 4.78 is 7.54. The Hall–Kier alpha value is -2.83. The van der Waals surface area contributed by atoms with Crippen molar-refractivity contribution in [2.45, 2.75) is 71.8 Å². The van der Waals surface area contributed by atoms with Crippen molar-refractivity contribution < 1.29 is 14.3 Å². The molecule has 180 valence electrons. The van der Waals surface area contributed by atoms with Crippen molar-refractivity contribution in [3.05, 3.63) is 42.1 Å². The molecule has 0 saturated carbocycles. The molecule has 7 nitrogen and oxygen atoms in total. The maximum atomic E-state index is 13.0. The van der Waals surface area contributed by atoms with E-state index in [1.165, 1.54) is 0 Å². The lowest BCUT2D eigenvalue weighted by atomic mass is 9.92. The zero-order chi connectivity index (χ0) is 24.2. The Bertz CT molecular complexity index is 946.